The predicted molar refractivity (Wildman–Crippen MR) is 137 cm³/mol. The number of hydrogen-bond donors (Lipinski definition) is 1. The summed E-state index contributed by atoms with van der Waals surface area (Å²) in [6.07, 6.45) is 0.161. The number of nitrogens with one attached hydrogen (secondary N) is 1. The SMILES string of the molecule is COC(=O)c1cc(-c2cccc(C#N)c2)ccc1COc1cccc(CCNC(=O)OC(C)(C)C)c1. The number of nitrogens with zero attached hydrogens (tertiary/aromatic N) is 1. The van der Waals surface area contributed by atoms with Crippen LogP contribution < -0.4 is 10.1 Å². The first-order valence-corrected chi connectivity index (χ1v) is 11.6. The molecule has 0 aliphatic carbocycles. The highest BCUT2D eigenvalue weighted by Crippen LogP contribution is 2.25. The minimum Gasteiger partial charge on any atom is -0.489 e. The molecule has 7 nitrogen and oxygen atoms in total. The van der Waals surface area contributed by atoms with Crippen molar-refractivity contribution in [1.82, 2.24) is 5.32 Å². The molecule has 0 saturated carbocycles. The zero-order valence-corrected chi connectivity index (χ0v) is 21.0. The molecule has 1 amide bonds. The first-order valence-electron chi connectivity index (χ1n) is 11.6. The number of rotatable bonds is 8. The predicted octanol–water partition coefficient (Wildman–Crippen LogP) is 5.66. The maximum atomic E-state index is 12.5. The molecule has 3 rings (SSSR count). The second-order valence-electron chi connectivity index (χ2n) is 9.17. The Kier molecular flexibility index (Phi) is 8.69. The van der Waals surface area contributed by atoms with E-state index in [2.05, 4.69) is 11.4 Å². The largest absolute Gasteiger partial charge is 0.489 e. The van der Waals surface area contributed by atoms with Crippen molar-refractivity contribution < 1.29 is 23.8 Å². The normalized spacial score (nSPS) is 10.8. The van der Waals surface area contributed by atoms with Gasteiger partial charge in [0.05, 0.1) is 24.3 Å². The first-order chi connectivity index (χ1) is 17.2. The van der Waals surface area contributed by atoms with Gasteiger partial charge in [0.2, 0.25) is 0 Å². The van der Waals surface area contributed by atoms with E-state index in [9.17, 15) is 14.9 Å². The summed E-state index contributed by atoms with van der Waals surface area (Å²) in [6.45, 7) is 6.05. The van der Waals surface area contributed by atoms with E-state index in [1.165, 1.54) is 7.11 Å². The van der Waals surface area contributed by atoms with Crippen molar-refractivity contribution >= 4 is 12.1 Å². The van der Waals surface area contributed by atoms with E-state index in [4.69, 9.17) is 14.2 Å². The second kappa shape index (κ2) is 11.9. The molecule has 0 atom stereocenters. The quantitative estimate of drug-likeness (QED) is 0.413. The van der Waals surface area contributed by atoms with Gasteiger partial charge in [0, 0.05) is 12.1 Å². The molecule has 0 spiro atoms. The smallest absolute Gasteiger partial charge is 0.407 e. The molecule has 0 unspecified atom stereocenters. The van der Waals surface area contributed by atoms with Gasteiger partial charge in [-0.25, -0.2) is 9.59 Å². The van der Waals surface area contributed by atoms with Crippen LogP contribution in [0.15, 0.2) is 66.7 Å². The maximum absolute atomic E-state index is 12.5. The fourth-order valence-electron chi connectivity index (χ4n) is 3.53. The summed E-state index contributed by atoms with van der Waals surface area (Å²) in [5.41, 5.74) is 3.70. The Balaban J connectivity index is 1.68. The van der Waals surface area contributed by atoms with E-state index in [-0.39, 0.29) is 6.61 Å². The van der Waals surface area contributed by atoms with Crippen LogP contribution in [0, 0.1) is 11.3 Å². The maximum Gasteiger partial charge on any atom is 0.407 e. The van der Waals surface area contributed by atoms with Crippen molar-refractivity contribution in [2.24, 2.45) is 0 Å². The van der Waals surface area contributed by atoms with Gasteiger partial charge in [0.1, 0.15) is 18.0 Å². The topological polar surface area (TPSA) is 97.7 Å². The highest BCUT2D eigenvalue weighted by molar-refractivity contribution is 5.92. The Bertz CT molecular complexity index is 1270. The lowest BCUT2D eigenvalue weighted by Crippen LogP contribution is -2.33. The van der Waals surface area contributed by atoms with Gasteiger partial charge in [-0.3, -0.25) is 0 Å². The zero-order chi connectivity index (χ0) is 26.1. The van der Waals surface area contributed by atoms with E-state index in [1.807, 2.05) is 63.2 Å². The van der Waals surface area contributed by atoms with Gasteiger partial charge in [-0.1, -0.05) is 36.4 Å². The van der Waals surface area contributed by atoms with Gasteiger partial charge >= 0.3 is 12.1 Å². The Morgan fingerprint density at radius 3 is 2.44 bits per heavy atom. The van der Waals surface area contributed by atoms with E-state index in [1.54, 1.807) is 24.3 Å². The molecule has 0 bridgehead atoms. The zero-order valence-electron chi connectivity index (χ0n) is 21.0. The van der Waals surface area contributed by atoms with Gasteiger partial charge in [-0.2, -0.15) is 5.26 Å². The minimum absolute atomic E-state index is 0.169. The van der Waals surface area contributed by atoms with Crippen LogP contribution in [0.25, 0.3) is 11.1 Å². The standard InChI is InChI=1S/C29H30N2O5/c1-29(2,3)36-28(33)31-14-13-20-7-6-10-25(16-20)35-19-24-12-11-23(17-26(24)27(32)34-4)22-9-5-8-21(15-22)18-30/h5-12,15-17H,13-14,19H2,1-4H3,(H,31,33). The van der Waals surface area contributed by atoms with E-state index >= 15 is 0 Å². The van der Waals surface area contributed by atoms with Gasteiger partial charge in [0.25, 0.3) is 0 Å². The van der Waals surface area contributed by atoms with Crippen LogP contribution in [-0.2, 0) is 22.5 Å². The molecule has 3 aromatic carbocycles. The summed E-state index contributed by atoms with van der Waals surface area (Å²) >= 11 is 0. The fourth-order valence-corrected chi connectivity index (χ4v) is 3.53. The van der Waals surface area contributed by atoms with Crippen molar-refractivity contribution in [1.29, 1.82) is 5.26 Å². The Hall–Kier alpha value is -4.31. The molecular formula is C29H30N2O5. The lowest BCUT2D eigenvalue weighted by atomic mass is 9.98. The van der Waals surface area contributed by atoms with E-state index in [0.717, 1.165) is 16.7 Å². The molecule has 36 heavy (non-hydrogen) atoms. The summed E-state index contributed by atoms with van der Waals surface area (Å²) in [4.78, 5) is 24.3. The van der Waals surface area contributed by atoms with Crippen LogP contribution >= 0.6 is 0 Å². The molecule has 186 valence electrons. The molecule has 3 aromatic rings. The first kappa shape index (κ1) is 26.3. The fraction of sp³-hybridized carbons (Fsp3) is 0.276. The third-order valence-electron chi connectivity index (χ3n) is 5.21. The molecule has 0 aliphatic heterocycles. The third kappa shape index (κ3) is 7.60. The monoisotopic (exact) mass is 486 g/mol. The number of nitriles is 1. The number of methoxy groups -OCH3 is 1. The second-order valence-corrected chi connectivity index (χ2v) is 9.17. The number of esters is 1. The van der Waals surface area contributed by atoms with Crippen molar-refractivity contribution in [3.05, 3.63) is 89.0 Å². The van der Waals surface area contributed by atoms with Crippen LogP contribution in [0.2, 0.25) is 0 Å². The molecule has 7 heteroatoms. The third-order valence-corrected chi connectivity index (χ3v) is 5.21. The number of amides is 1. The van der Waals surface area contributed by atoms with E-state index < -0.39 is 17.7 Å². The molecule has 0 radical (unpaired) electrons. The Morgan fingerprint density at radius 2 is 1.72 bits per heavy atom. The number of alkyl carbamates (subject to hydrolysis) is 1. The van der Waals surface area contributed by atoms with Crippen molar-refractivity contribution in [2.45, 2.75) is 39.4 Å². The number of carbonyl (C=O) groups is 2. The van der Waals surface area contributed by atoms with Gasteiger partial charge in [-0.15, -0.1) is 0 Å². The van der Waals surface area contributed by atoms with E-state index in [0.29, 0.717) is 35.4 Å². The number of benzene rings is 3. The summed E-state index contributed by atoms with van der Waals surface area (Å²) in [5.74, 6) is 0.181. The van der Waals surface area contributed by atoms with Gasteiger partial charge < -0.3 is 19.5 Å². The number of hydrogen-bond acceptors (Lipinski definition) is 6. The average molecular weight is 487 g/mol. The van der Waals surface area contributed by atoms with Gasteiger partial charge in [0.15, 0.2) is 0 Å². The number of carbonyl (C=O) groups excluding carboxylic acids is 2. The van der Waals surface area contributed by atoms with Crippen LogP contribution in [-0.4, -0.2) is 31.3 Å². The average Bonchev–Trinajstić information content (AvgIpc) is 2.86. The lowest BCUT2D eigenvalue weighted by Gasteiger charge is -2.19. The van der Waals surface area contributed by atoms with Crippen molar-refractivity contribution in [3.63, 3.8) is 0 Å². The lowest BCUT2D eigenvalue weighted by molar-refractivity contribution is 0.0527. The summed E-state index contributed by atoms with van der Waals surface area (Å²) in [6, 6.07) is 22.4. The molecule has 0 fully saturated rings. The Labute approximate surface area is 211 Å². The molecule has 1 N–H and O–H groups in total. The van der Waals surface area contributed by atoms with Crippen LogP contribution in [0.4, 0.5) is 4.79 Å². The van der Waals surface area contributed by atoms with Crippen molar-refractivity contribution in [3.8, 4) is 22.9 Å². The van der Waals surface area contributed by atoms with Crippen LogP contribution in [0.1, 0.15) is 47.8 Å². The molecule has 0 aliphatic rings. The molecule has 0 saturated heterocycles. The van der Waals surface area contributed by atoms with Crippen LogP contribution in [0.5, 0.6) is 5.75 Å². The Morgan fingerprint density at radius 1 is 0.972 bits per heavy atom. The molecule has 0 aromatic heterocycles. The van der Waals surface area contributed by atoms with Crippen LogP contribution in [0.3, 0.4) is 0 Å². The summed E-state index contributed by atoms with van der Waals surface area (Å²) in [5, 5.41) is 11.9. The minimum atomic E-state index is -0.542. The summed E-state index contributed by atoms with van der Waals surface area (Å²) in [7, 11) is 1.34. The van der Waals surface area contributed by atoms with Gasteiger partial charge in [-0.05, 0) is 74.2 Å². The van der Waals surface area contributed by atoms with Crippen molar-refractivity contribution in [2.75, 3.05) is 13.7 Å². The highest BCUT2D eigenvalue weighted by atomic mass is 16.6. The highest BCUT2D eigenvalue weighted by Gasteiger charge is 2.16. The molecule has 0 heterocycles. The number of ether oxygens (including phenoxy) is 3. The summed E-state index contributed by atoms with van der Waals surface area (Å²) < 4.78 is 16.2. The molecular weight excluding hydrogens is 456 g/mol.